The van der Waals surface area contributed by atoms with Gasteiger partial charge in [-0.05, 0) is 114 Å². The van der Waals surface area contributed by atoms with Gasteiger partial charge in [-0.3, -0.25) is 0 Å². The quantitative estimate of drug-likeness (QED) is 0.0924. The molecule has 0 saturated carbocycles. The lowest BCUT2D eigenvalue weighted by atomic mass is 10.2. The van der Waals surface area contributed by atoms with Crippen LogP contribution >= 0.6 is 0 Å². The van der Waals surface area contributed by atoms with Gasteiger partial charge in [0.2, 0.25) is 0 Å². The molecule has 0 saturated heterocycles. The van der Waals surface area contributed by atoms with Gasteiger partial charge in [0, 0.05) is 5.57 Å². The van der Waals surface area contributed by atoms with Gasteiger partial charge < -0.3 is 86.8 Å². The topological polar surface area (TPSA) is 361 Å². The first-order chi connectivity index (χ1) is 28.1. The monoisotopic (exact) mass is 919 g/mol. The molecule has 0 aliphatic heterocycles. The summed E-state index contributed by atoms with van der Waals surface area (Å²) in [7, 11) is 0. The molecule has 0 spiro atoms. The number of carboxylic acid groups (broad SMARTS) is 1. The van der Waals surface area contributed by atoms with Gasteiger partial charge in [-0.25, -0.2) is 4.79 Å². The first-order valence-corrected chi connectivity index (χ1v) is 21.9. The van der Waals surface area contributed by atoms with Gasteiger partial charge >= 0.3 is 5.97 Å². The largest absolute Gasteiger partial charge is 0.478 e. The second-order valence-electron chi connectivity index (χ2n) is 14.8. The molecule has 18 nitrogen and oxygen atoms in total. The van der Waals surface area contributed by atoms with Gasteiger partial charge in [-0.15, -0.1) is 0 Å². The van der Waals surface area contributed by atoms with Crippen molar-refractivity contribution in [3.05, 3.63) is 12.2 Å². The number of carbonyl (C=O) groups is 1. The van der Waals surface area contributed by atoms with Gasteiger partial charge in [-0.1, -0.05) is 62.0 Å². The van der Waals surface area contributed by atoms with Crippen LogP contribution in [0.5, 0.6) is 0 Å². The zero-order valence-electron chi connectivity index (χ0n) is 41.6. The number of aliphatic carboxylic acids is 1. The Morgan fingerprint density at radius 1 is 0.306 bits per heavy atom. The Balaban J connectivity index is -0.0000000728. The second kappa shape index (κ2) is 55.7. The first kappa shape index (κ1) is 80.8. The van der Waals surface area contributed by atoms with E-state index in [-0.39, 0.29) is 5.57 Å². The molecule has 0 aromatic carbocycles. The summed E-state index contributed by atoms with van der Waals surface area (Å²) in [5.74, 6) is -0.935. The molecule has 16 atom stereocenters. The Kier molecular flexibility index (Phi) is 72.6. The molecule has 0 amide bonds. The van der Waals surface area contributed by atoms with E-state index in [1.54, 1.807) is 55.4 Å². The Morgan fingerprint density at radius 2 is 0.371 bits per heavy atom. The van der Waals surface area contributed by atoms with E-state index in [0.29, 0.717) is 51.4 Å². The summed E-state index contributed by atoms with van der Waals surface area (Å²) in [6, 6.07) is 0. The normalized spacial score (nSPS) is 17.8. The van der Waals surface area contributed by atoms with E-state index in [4.69, 9.17) is 86.8 Å². The summed E-state index contributed by atoms with van der Waals surface area (Å²) < 4.78 is 0. The fourth-order valence-corrected chi connectivity index (χ4v) is 2.73. The van der Waals surface area contributed by atoms with Crippen LogP contribution in [-0.4, -0.2) is 190 Å². The minimum absolute atomic E-state index is 0.176. The highest BCUT2D eigenvalue weighted by atomic mass is 16.4. The number of hydrogen-bond donors (Lipinski definition) is 17. The molecule has 0 radical (unpaired) electrons. The molecule has 0 heterocycles. The van der Waals surface area contributed by atoms with Crippen LogP contribution in [-0.2, 0) is 4.79 Å². The fraction of sp³-hybridized carbons (Fsp3) is 0.932. The molecule has 0 bridgehead atoms. The maximum atomic E-state index is 9.60. The van der Waals surface area contributed by atoms with Crippen LogP contribution in [0.15, 0.2) is 12.2 Å². The van der Waals surface area contributed by atoms with Crippen molar-refractivity contribution in [2.45, 2.75) is 267 Å². The molecule has 0 fully saturated rings. The second-order valence-corrected chi connectivity index (χ2v) is 14.8. The lowest BCUT2D eigenvalue weighted by Crippen LogP contribution is -2.20. The van der Waals surface area contributed by atoms with Crippen LogP contribution in [0.4, 0.5) is 0 Å². The maximum Gasteiger partial charge on any atom is 0.330 e. The van der Waals surface area contributed by atoms with Crippen LogP contribution in [0, 0.1) is 0 Å². The van der Waals surface area contributed by atoms with Gasteiger partial charge in [0.05, 0.1) is 97.7 Å². The van der Waals surface area contributed by atoms with Crippen molar-refractivity contribution in [2.75, 3.05) is 0 Å². The van der Waals surface area contributed by atoms with E-state index in [1.165, 1.54) is 6.92 Å². The van der Waals surface area contributed by atoms with Crippen molar-refractivity contribution in [1.29, 1.82) is 0 Å². The zero-order chi connectivity index (χ0) is 52.0. The third-order valence-electron chi connectivity index (χ3n) is 8.17. The van der Waals surface area contributed by atoms with Crippen LogP contribution in [0.3, 0.4) is 0 Å². The van der Waals surface area contributed by atoms with Gasteiger partial charge in [0.25, 0.3) is 0 Å². The van der Waals surface area contributed by atoms with Crippen molar-refractivity contribution in [3.63, 3.8) is 0 Å². The van der Waals surface area contributed by atoms with Crippen LogP contribution in [0.25, 0.3) is 0 Å². The lowest BCUT2D eigenvalue weighted by molar-refractivity contribution is -0.132. The lowest BCUT2D eigenvalue weighted by Gasteiger charge is -2.08. The van der Waals surface area contributed by atoms with Crippen LogP contribution < -0.4 is 0 Å². The third-order valence-corrected chi connectivity index (χ3v) is 8.17. The summed E-state index contributed by atoms with van der Waals surface area (Å²) >= 11 is 0. The number of carboxylic acids is 1. The molecule has 0 aromatic rings. The van der Waals surface area contributed by atoms with E-state index < -0.39 is 104 Å². The van der Waals surface area contributed by atoms with Crippen molar-refractivity contribution in [1.82, 2.24) is 0 Å². The van der Waals surface area contributed by atoms with E-state index in [9.17, 15) is 4.79 Å². The summed E-state index contributed by atoms with van der Waals surface area (Å²) in [5, 5.41) is 146. The van der Waals surface area contributed by atoms with E-state index >= 15 is 0 Å². The van der Waals surface area contributed by atoms with Gasteiger partial charge in [0.15, 0.2) is 0 Å². The van der Waals surface area contributed by atoms with Crippen LogP contribution in [0.1, 0.15) is 169 Å². The Morgan fingerprint density at radius 3 is 0.371 bits per heavy atom. The average Bonchev–Trinajstić information content (AvgIpc) is 3.22. The molecule has 18 heteroatoms. The number of hydrogen-bond acceptors (Lipinski definition) is 17. The highest BCUT2D eigenvalue weighted by molar-refractivity contribution is 5.84. The molecule has 16 unspecified atom stereocenters. The fourth-order valence-electron chi connectivity index (χ4n) is 2.73. The van der Waals surface area contributed by atoms with Crippen molar-refractivity contribution < 1.29 is 91.6 Å². The SMILES string of the molecule is C=C(C)C(=O)O.CCC(O)C(C)O.CCC(O)C(C)O.CCC(O)C(C)O.CCC(O)C(C)O.CCC(O)C(C)O.CCC(O)C(C)O.CCC(O)C(C)O.CCC(O)C(C)O. The van der Waals surface area contributed by atoms with E-state index in [0.717, 1.165) is 0 Å². The smallest absolute Gasteiger partial charge is 0.330 e. The Bertz CT molecular complexity index is 678. The highest BCUT2D eigenvalue weighted by Crippen LogP contribution is 1.98. The zero-order valence-corrected chi connectivity index (χ0v) is 41.6. The molecule has 62 heavy (non-hydrogen) atoms. The number of aliphatic hydroxyl groups is 16. The summed E-state index contributed by atoms with van der Waals surface area (Å²) in [6.07, 6.45) is -3.98. The summed E-state index contributed by atoms with van der Waals surface area (Å²) in [4.78, 5) is 9.60. The predicted octanol–water partition coefficient (Wildman–Crippen LogP) is 1.75. The number of rotatable bonds is 17. The predicted molar refractivity (Wildman–Crippen MR) is 246 cm³/mol. The Labute approximate surface area is 375 Å². The minimum atomic E-state index is -0.935. The first-order valence-electron chi connectivity index (χ1n) is 21.9. The van der Waals surface area contributed by atoms with E-state index in [1.807, 2.05) is 55.4 Å². The van der Waals surface area contributed by atoms with Gasteiger partial charge in [-0.2, -0.15) is 0 Å². The molecule has 0 aromatic heterocycles. The Hall–Kier alpha value is -1.43. The van der Waals surface area contributed by atoms with E-state index in [2.05, 4.69) is 6.58 Å². The average molecular weight is 919 g/mol. The van der Waals surface area contributed by atoms with Crippen molar-refractivity contribution >= 4 is 5.97 Å². The molecule has 17 N–H and O–H groups in total. The molecule has 0 rings (SSSR count). The summed E-state index contributed by atoms with van der Waals surface area (Å²) in [6.45, 7) is 31.9. The highest BCUT2D eigenvalue weighted by Gasteiger charge is 2.09. The minimum Gasteiger partial charge on any atom is -0.478 e. The molecular formula is C44H102O18. The van der Waals surface area contributed by atoms with Crippen LogP contribution in [0.2, 0.25) is 0 Å². The standard InChI is InChI=1S/8C5H12O2.C4H6O2/c8*1-3-5(7)4(2)6;1-3(2)4(5)6/h8*4-7H,3H2,1-2H3;1H2,2H3,(H,5,6). The maximum absolute atomic E-state index is 9.60. The van der Waals surface area contributed by atoms with Crippen molar-refractivity contribution in [2.24, 2.45) is 0 Å². The number of aliphatic hydroxyl groups excluding tert-OH is 16. The molecule has 0 aliphatic carbocycles. The summed E-state index contributed by atoms with van der Waals surface area (Å²) in [5.41, 5.74) is 0.176. The third kappa shape index (κ3) is 75.9. The molecule has 386 valence electrons. The van der Waals surface area contributed by atoms with Gasteiger partial charge in [0.1, 0.15) is 0 Å². The molecule has 0 aliphatic rings. The van der Waals surface area contributed by atoms with Crippen molar-refractivity contribution in [3.8, 4) is 0 Å². The molecular weight excluding hydrogens is 816 g/mol.